The van der Waals surface area contributed by atoms with E-state index >= 15 is 0 Å². The lowest BCUT2D eigenvalue weighted by atomic mass is 10.1. The predicted molar refractivity (Wildman–Crippen MR) is 86.3 cm³/mol. The summed E-state index contributed by atoms with van der Waals surface area (Å²) in [6.45, 7) is 3.99. The van der Waals surface area contributed by atoms with Gasteiger partial charge in [-0.2, -0.15) is 0 Å². The third kappa shape index (κ3) is 3.63. The molecule has 0 bridgehead atoms. The average Bonchev–Trinajstić information content (AvgIpc) is 2.51. The van der Waals surface area contributed by atoms with E-state index in [-0.39, 0.29) is 5.91 Å². The highest BCUT2D eigenvalue weighted by molar-refractivity contribution is 6.09. The summed E-state index contributed by atoms with van der Waals surface area (Å²) >= 11 is 0. The van der Waals surface area contributed by atoms with E-state index in [1.54, 1.807) is 24.3 Å². The molecule has 5 nitrogen and oxygen atoms in total. The van der Waals surface area contributed by atoms with E-state index in [1.807, 2.05) is 32.0 Å². The summed E-state index contributed by atoms with van der Waals surface area (Å²) < 4.78 is 4.55. The zero-order valence-electron chi connectivity index (χ0n) is 12.8. The van der Waals surface area contributed by atoms with Crippen LogP contribution in [0.5, 0.6) is 0 Å². The van der Waals surface area contributed by atoms with Crippen molar-refractivity contribution in [2.24, 2.45) is 0 Å². The molecule has 22 heavy (non-hydrogen) atoms. The third-order valence-electron chi connectivity index (χ3n) is 3.36. The second kappa shape index (κ2) is 6.76. The van der Waals surface area contributed by atoms with Gasteiger partial charge >= 0.3 is 6.09 Å². The fraction of sp³-hybridized carbons (Fsp3) is 0.176. The summed E-state index contributed by atoms with van der Waals surface area (Å²) in [5.41, 5.74) is 3.73. The first-order valence-electron chi connectivity index (χ1n) is 6.84. The number of hydrogen-bond donors (Lipinski definition) is 2. The molecule has 0 spiro atoms. The Labute approximate surface area is 129 Å². The Balaban J connectivity index is 2.22. The largest absolute Gasteiger partial charge is 0.453 e. The van der Waals surface area contributed by atoms with Crippen molar-refractivity contribution >= 4 is 23.4 Å². The molecule has 2 N–H and O–H groups in total. The van der Waals surface area contributed by atoms with E-state index in [0.717, 1.165) is 11.1 Å². The van der Waals surface area contributed by atoms with Crippen molar-refractivity contribution in [2.45, 2.75) is 13.8 Å². The fourth-order valence-corrected chi connectivity index (χ4v) is 1.97. The summed E-state index contributed by atoms with van der Waals surface area (Å²) in [5, 5.41) is 5.35. The molecule has 2 aromatic carbocycles. The second-order valence-electron chi connectivity index (χ2n) is 4.92. The van der Waals surface area contributed by atoms with Crippen LogP contribution >= 0.6 is 0 Å². The number of rotatable bonds is 3. The lowest BCUT2D eigenvalue weighted by Crippen LogP contribution is -2.18. The van der Waals surface area contributed by atoms with Gasteiger partial charge in [0.2, 0.25) is 0 Å². The van der Waals surface area contributed by atoms with Crippen molar-refractivity contribution in [3.05, 3.63) is 59.2 Å². The number of amides is 2. The molecule has 0 aliphatic rings. The van der Waals surface area contributed by atoms with Crippen LogP contribution in [0.15, 0.2) is 42.5 Å². The summed E-state index contributed by atoms with van der Waals surface area (Å²) in [4.78, 5) is 23.7. The molecule has 5 heteroatoms. The zero-order chi connectivity index (χ0) is 16.1. The lowest BCUT2D eigenvalue weighted by molar-refractivity contribution is 0.102. The van der Waals surface area contributed by atoms with Gasteiger partial charge in [0.15, 0.2) is 0 Å². The topological polar surface area (TPSA) is 67.4 Å². The molecule has 0 radical (unpaired) electrons. The number of methoxy groups -OCH3 is 1. The van der Waals surface area contributed by atoms with Crippen LogP contribution in [0.2, 0.25) is 0 Å². The van der Waals surface area contributed by atoms with Gasteiger partial charge in [0, 0.05) is 5.69 Å². The van der Waals surface area contributed by atoms with Crippen LogP contribution < -0.4 is 10.6 Å². The monoisotopic (exact) mass is 298 g/mol. The van der Waals surface area contributed by atoms with E-state index in [1.165, 1.54) is 7.11 Å². The Kier molecular flexibility index (Phi) is 4.78. The quantitative estimate of drug-likeness (QED) is 0.907. The number of ether oxygens (including phenoxy) is 1. The number of nitrogens with one attached hydrogen (secondary N) is 2. The normalized spacial score (nSPS) is 9.95. The number of aryl methyl sites for hydroxylation is 2. The first kappa shape index (κ1) is 15.6. The number of benzene rings is 2. The number of para-hydroxylation sites is 1. The number of hydrogen-bond acceptors (Lipinski definition) is 3. The average molecular weight is 298 g/mol. The third-order valence-corrected chi connectivity index (χ3v) is 3.36. The Morgan fingerprint density at radius 1 is 0.955 bits per heavy atom. The molecule has 0 saturated carbocycles. The molecular weight excluding hydrogens is 280 g/mol. The first-order chi connectivity index (χ1) is 10.5. The van der Waals surface area contributed by atoms with Gasteiger partial charge in [-0.05, 0) is 49.2 Å². The second-order valence-corrected chi connectivity index (χ2v) is 4.92. The highest BCUT2D eigenvalue weighted by Crippen LogP contribution is 2.19. The predicted octanol–water partition coefficient (Wildman–Crippen LogP) is 3.73. The Bertz CT molecular complexity index is 711. The van der Waals surface area contributed by atoms with Crippen molar-refractivity contribution in [1.29, 1.82) is 0 Å². The van der Waals surface area contributed by atoms with Crippen LogP contribution in [0.3, 0.4) is 0 Å². The van der Waals surface area contributed by atoms with Crippen molar-refractivity contribution in [3.63, 3.8) is 0 Å². The molecule has 0 aliphatic heterocycles. The van der Waals surface area contributed by atoms with Crippen LogP contribution in [0.25, 0.3) is 0 Å². The van der Waals surface area contributed by atoms with Crippen LogP contribution in [0.4, 0.5) is 16.2 Å². The van der Waals surface area contributed by atoms with Gasteiger partial charge in [-0.3, -0.25) is 10.1 Å². The van der Waals surface area contributed by atoms with Crippen molar-refractivity contribution < 1.29 is 14.3 Å². The Morgan fingerprint density at radius 3 is 2.36 bits per heavy atom. The maximum absolute atomic E-state index is 12.4. The molecular formula is C17H18N2O3. The summed E-state index contributed by atoms with van der Waals surface area (Å²) in [6, 6.07) is 12.5. The van der Waals surface area contributed by atoms with Gasteiger partial charge in [0.25, 0.3) is 5.91 Å². The molecule has 2 amide bonds. The first-order valence-corrected chi connectivity index (χ1v) is 6.84. The molecule has 2 aromatic rings. The zero-order valence-corrected chi connectivity index (χ0v) is 12.8. The standard InChI is InChI=1S/C17H18N2O3/c1-11-8-9-13(10-12(11)2)18-16(20)14-6-4-5-7-15(14)19-17(21)22-3/h4-10H,1-3H3,(H,18,20)(H,19,21). The molecule has 0 saturated heterocycles. The van der Waals surface area contributed by atoms with E-state index in [0.29, 0.717) is 16.9 Å². The minimum Gasteiger partial charge on any atom is -0.453 e. The minimum atomic E-state index is -0.619. The number of carbonyl (C=O) groups is 2. The maximum atomic E-state index is 12.4. The highest BCUT2D eigenvalue weighted by Gasteiger charge is 2.13. The summed E-state index contributed by atoms with van der Waals surface area (Å²) in [6.07, 6.45) is -0.619. The number of anilines is 2. The van der Waals surface area contributed by atoms with Gasteiger partial charge in [0.1, 0.15) is 0 Å². The molecule has 0 heterocycles. The van der Waals surface area contributed by atoms with Crippen LogP contribution in [0, 0.1) is 13.8 Å². The molecule has 0 aromatic heterocycles. The van der Waals surface area contributed by atoms with E-state index in [4.69, 9.17) is 0 Å². The molecule has 114 valence electrons. The van der Waals surface area contributed by atoms with Crippen LogP contribution in [0.1, 0.15) is 21.5 Å². The molecule has 0 atom stereocenters. The van der Waals surface area contributed by atoms with Gasteiger partial charge < -0.3 is 10.1 Å². The molecule has 2 rings (SSSR count). The number of carbonyl (C=O) groups excluding carboxylic acids is 2. The minimum absolute atomic E-state index is 0.296. The van der Waals surface area contributed by atoms with E-state index < -0.39 is 6.09 Å². The fourth-order valence-electron chi connectivity index (χ4n) is 1.97. The Morgan fingerprint density at radius 2 is 1.68 bits per heavy atom. The van der Waals surface area contributed by atoms with Gasteiger partial charge in [0.05, 0.1) is 18.4 Å². The van der Waals surface area contributed by atoms with Crippen LogP contribution in [-0.2, 0) is 4.74 Å². The molecule has 0 unspecified atom stereocenters. The van der Waals surface area contributed by atoms with E-state index in [9.17, 15) is 9.59 Å². The van der Waals surface area contributed by atoms with Gasteiger partial charge in [-0.15, -0.1) is 0 Å². The Hall–Kier alpha value is -2.82. The van der Waals surface area contributed by atoms with E-state index in [2.05, 4.69) is 15.4 Å². The van der Waals surface area contributed by atoms with Gasteiger partial charge in [-0.25, -0.2) is 4.79 Å². The maximum Gasteiger partial charge on any atom is 0.411 e. The SMILES string of the molecule is COC(=O)Nc1ccccc1C(=O)Nc1ccc(C)c(C)c1. The lowest BCUT2D eigenvalue weighted by Gasteiger charge is -2.11. The summed E-state index contributed by atoms with van der Waals surface area (Å²) in [5.74, 6) is -0.296. The van der Waals surface area contributed by atoms with Gasteiger partial charge in [-0.1, -0.05) is 18.2 Å². The summed E-state index contributed by atoms with van der Waals surface area (Å²) in [7, 11) is 1.27. The van der Waals surface area contributed by atoms with Crippen molar-refractivity contribution in [3.8, 4) is 0 Å². The van der Waals surface area contributed by atoms with Crippen molar-refractivity contribution in [2.75, 3.05) is 17.7 Å². The molecule has 0 fully saturated rings. The van der Waals surface area contributed by atoms with Crippen molar-refractivity contribution in [1.82, 2.24) is 0 Å². The molecule has 0 aliphatic carbocycles. The van der Waals surface area contributed by atoms with Crippen LogP contribution in [-0.4, -0.2) is 19.1 Å². The highest BCUT2D eigenvalue weighted by atomic mass is 16.5. The smallest absolute Gasteiger partial charge is 0.411 e.